The van der Waals surface area contributed by atoms with E-state index >= 15 is 0 Å². The van der Waals surface area contributed by atoms with Crippen LogP contribution in [0.2, 0.25) is 0 Å². The highest BCUT2D eigenvalue weighted by Crippen LogP contribution is 2.28. The van der Waals surface area contributed by atoms with Crippen LogP contribution in [0.3, 0.4) is 0 Å². The van der Waals surface area contributed by atoms with Crippen molar-refractivity contribution in [3.63, 3.8) is 0 Å². The van der Waals surface area contributed by atoms with Gasteiger partial charge in [0.15, 0.2) is 0 Å². The lowest BCUT2D eigenvalue weighted by atomic mass is 10.0. The summed E-state index contributed by atoms with van der Waals surface area (Å²) in [5.41, 5.74) is 3.70. The minimum atomic E-state index is -0.209. The molecule has 7 nitrogen and oxygen atoms in total. The number of anilines is 2. The maximum Gasteiger partial charge on any atom is 0.320 e. The number of aryl methyl sites for hydroxylation is 1. The molecule has 0 saturated carbocycles. The first-order valence-corrected chi connectivity index (χ1v) is 12.3. The van der Waals surface area contributed by atoms with Gasteiger partial charge >= 0.3 is 6.03 Å². The van der Waals surface area contributed by atoms with Crippen molar-refractivity contribution < 1.29 is 9.53 Å². The number of nitrogens with zero attached hydrogens (tertiary/aromatic N) is 3. The molecule has 2 amide bonds. The number of urea groups is 1. The van der Waals surface area contributed by atoms with Gasteiger partial charge in [0.1, 0.15) is 5.82 Å². The summed E-state index contributed by atoms with van der Waals surface area (Å²) in [6.07, 6.45) is 2.85. The van der Waals surface area contributed by atoms with E-state index in [0.29, 0.717) is 24.8 Å². The molecule has 5 rings (SSSR count). The maximum absolute atomic E-state index is 11.7. The normalized spacial score (nSPS) is 16.5. The van der Waals surface area contributed by atoms with Crippen molar-refractivity contribution in [3.8, 4) is 5.88 Å². The molecule has 7 heteroatoms. The second-order valence-electron chi connectivity index (χ2n) is 9.17. The summed E-state index contributed by atoms with van der Waals surface area (Å²) >= 11 is 0. The molecule has 1 fully saturated rings. The second kappa shape index (κ2) is 10.3. The lowest BCUT2D eigenvalue weighted by Crippen LogP contribution is -2.46. The fraction of sp³-hybridized carbons (Fsp3) is 0.407. The van der Waals surface area contributed by atoms with Crippen LogP contribution >= 0.6 is 0 Å². The summed E-state index contributed by atoms with van der Waals surface area (Å²) in [7, 11) is 0. The Balaban J connectivity index is 1.06. The number of rotatable bonds is 7. The third kappa shape index (κ3) is 5.25. The fourth-order valence-corrected chi connectivity index (χ4v) is 4.80. The zero-order valence-electron chi connectivity index (χ0n) is 19.8. The van der Waals surface area contributed by atoms with Gasteiger partial charge in [-0.05, 0) is 61.9 Å². The highest BCUT2D eigenvalue weighted by molar-refractivity contribution is 5.95. The zero-order chi connectivity index (χ0) is 23.3. The van der Waals surface area contributed by atoms with Gasteiger partial charge in [-0.25, -0.2) is 4.79 Å². The Morgan fingerprint density at radius 3 is 2.79 bits per heavy atom. The molecule has 0 radical (unpaired) electrons. The molecule has 0 atom stereocenters. The van der Waals surface area contributed by atoms with Gasteiger partial charge in [-0.1, -0.05) is 29.8 Å². The number of unbranched alkanes of at least 4 members (excludes halogenated alkanes) is 1. The number of carbonyl (C=O) groups is 1. The first-order valence-electron chi connectivity index (χ1n) is 12.3. The van der Waals surface area contributed by atoms with Crippen molar-refractivity contribution in [2.24, 2.45) is 0 Å². The number of hydrogen-bond donors (Lipinski definition) is 2. The number of ether oxygens (including phenoxy) is 1. The topological polar surface area (TPSA) is 69.7 Å². The van der Waals surface area contributed by atoms with E-state index < -0.39 is 0 Å². The largest absolute Gasteiger partial charge is 0.478 e. The van der Waals surface area contributed by atoms with Crippen LogP contribution in [0.25, 0.3) is 10.8 Å². The average Bonchev–Trinajstić information content (AvgIpc) is 3.04. The van der Waals surface area contributed by atoms with Crippen LogP contribution < -0.4 is 20.3 Å². The Labute approximate surface area is 201 Å². The number of nitrogens with one attached hydrogen (secondary N) is 2. The number of hydrogen-bond acceptors (Lipinski definition) is 5. The Hall–Kier alpha value is -3.32. The first-order chi connectivity index (χ1) is 16.7. The predicted octanol–water partition coefficient (Wildman–Crippen LogP) is 4.20. The highest BCUT2D eigenvalue weighted by atomic mass is 16.5. The van der Waals surface area contributed by atoms with Crippen LogP contribution in [0.1, 0.15) is 24.0 Å². The molecule has 2 aliphatic heterocycles. The molecule has 2 N–H and O–H groups in total. The highest BCUT2D eigenvalue weighted by Gasteiger charge is 2.18. The van der Waals surface area contributed by atoms with Gasteiger partial charge in [-0.2, -0.15) is 4.98 Å². The molecule has 3 heterocycles. The molecule has 34 heavy (non-hydrogen) atoms. The Morgan fingerprint density at radius 2 is 1.91 bits per heavy atom. The van der Waals surface area contributed by atoms with Crippen molar-refractivity contribution in [1.29, 1.82) is 0 Å². The predicted molar refractivity (Wildman–Crippen MR) is 137 cm³/mol. The number of benzene rings is 2. The van der Waals surface area contributed by atoms with E-state index in [-0.39, 0.29) is 6.03 Å². The van der Waals surface area contributed by atoms with Gasteiger partial charge in [0.05, 0.1) is 6.61 Å². The molecule has 1 aromatic heterocycles. The van der Waals surface area contributed by atoms with E-state index in [1.54, 1.807) is 0 Å². The third-order valence-corrected chi connectivity index (χ3v) is 6.71. The van der Waals surface area contributed by atoms with Crippen LogP contribution in [0.5, 0.6) is 5.88 Å². The number of amides is 2. The van der Waals surface area contributed by atoms with Crippen molar-refractivity contribution in [1.82, 2.24) is 15.2 Å². The zero-order valence-corrected chi connectivity index (χ0v) is 19.8. The van der Waals surface area contributed by atoms with Crippen molar-refractivity contribution in [3.05, 3.63) is 59.7 Å². The summed E-state index contributed by atoms with van der Waals surface area (Å²) in [5.74, 6) is 1.17. The molecular formula is C27H33N5O2. The number of carbonyl (C=O) groups excluding carboxylic acids is 1. The summed E-state index contributed by atoms with van der Waals surface area (Å²) < 4.78 is 5.85. The van der Waals surface area contributed by atoms with Crippen LogP contribution in [0, 0.1) is 6.92 Å². The number of piperazine rings is 1. The van der Waals surface area contributed by atoms with Crippen LogP contribution in [0.15, 0.2) is 48.5 Å². The molecule has 2 aliphatic rings. The van der Waals surface area contributed by atoms with Crippen molar-refractivity contribution >= 4 is 28.3 Å². The van der Waals surface area contributed by atoms with Gasteiger partial charge in [-0.15, -0.1) is 0 Å². The summed E-state index contributed by atoms with van der Waals surface area (Å²) in [6, 6.07) is 17.0. The third-order valence-electron chi connectivity index (χ3n) is 6.71. The fourth-order valence-electron chi connectivity index (χ4n) is 4.80. The molecular weight excluding hydrogens is 426 g/mol. The van der Waals surface area contributed by atoms with Gasteiger partial charge < -0.3 is 15.0 Å². The van der Waals surface area contributed by atoms with Crippen LogP contribution in [-0.2, 0) is 6.42 Å². The molecule has 2 aromatic carbocycles. The SMILES string of the molecule is Cc1ccc2cccc(N3CCN(CCCCOc4ccc5c(n4)NC(=O)NCC5)CC3)c2c1. The van der Waals surface area contributed by atoms with Crippen LogP contribution in [-0.4, -0.2) is 61.8 Å². The summed E-state index contributed by atoms with van der Waals surface area (Å²) in [6.45, 7) is 8.80. The van der Waals surface area contributed by atoms with Crippen molar-refractivity contribution in [2.45, 2.75) is 26.2 Å². The summed E-state index contributed by atoms with van der Waals surface area (Å²) in [4.78, 5) is 21.2. The average molecular weight is 460 g/mol. The summed E-state index contributed by atoms with van der Waals surface area (Å²) in [5, 5.41) is 8.24. The molecule has 0 unspecified atom stereocenters. The smallest absolute Gasteiger partial charge is 0.320 e. The molecule has 0 bridgehead atoms. The van der Waals surface area contributed by atoms with E-state index in [1.807, 2.05) is 12.1 Å². The minimum absolute atomic E-state index is 0.209. The van der Waals surface area contributed by atoms with Crippen LogP contribution in [0.4, 0.5) is 16.3 Å². The standard InChI is InChI=1S/C27H33N5O2/c1-20-7-8-21-5-4-6-24(23(21)19-20)32-16-14-31(15-17-32)13-2-3-18-34-25-10-9-22-11-12-28-27(33)30-26(22)29-25/h4-10,19H,2-3,11-18H2,1H3,(H2,28,29,30,33). The Bertz CT molecular complexity index is 1160. The molecule has 3 aromatic rings. The van der Waals surface area contributed by atoms with E-state index in [0.717, 1.165) is 57.5 Å². The number of pyridine rings is 1. The lowest BCUT2D eigenvalue weighted by Gasteiger charge is -2.36. The quantitative estimate of drug-likeness (QED) is 0.518. The van der Waals surface area contributed by atoms with Gasteiger partial charge in [0, 0.05) is 49.9 Å². The monoisotopic (exact) mass is 459 g/mol. The van der Waals surface area contributed by atoms with Gasteiger partial charge in [0.2, 0.25) is 5.88 Å². The van der Waals surface area contributed by atoms with Gasteiger partial charge in [0.25, 0.3) is 0 Å². The molecule has 1 saturated heterocycles. The first kappa shape index (κ1) is 22.5. The molecule has 178 valence electrons. The van der Waals surface area contributed by atoms with E-state index in [9.17, 15) is 4.79 Å². The maximum atomic E-state index is 11.7. The van der Waals surface area contributed by atoms with Crippen molar-refractivity contribution in [2.75, 3.05) is 56.1 Å². The molecule has 0 aliphatic carbocycles. The van der Waals surface area contributed by atoms with Gasteiger partial charge in [-0.3, -0.25) is 10.2 Å². The number of fused-ring (bicyclic) bond motifs is 2. The Morgan fingerprint density at radius 1 is 1.03 bits per heavy atom. The molecule has 0 spiro atoms. The lowest BCUT2D eigenvalue weighted by molar-refractivity contribution is 0.237. The minimum Gasteiger partial charge on any atom is -0.478 e. The second-order valence-corrected chi connectivity index (χ2v) is 9.17. The van der Waals surface area contributed by atoms with E-state index in [4.69, 9.17) is 4.74 Å². The van der Waals surface area contributed by atoms with E-state index in [1.165, 1.54) is 22.0 Å². The van der Waals surface area contributed by atoms with E-state index in [2.05, 4.69) is 68.7 Å². The number of aromatic nitrogens is 1. The Kier molecular flexibility index (Phi) is 6.81.